The van der Waals surface area contributed by atoms with Crippen LogP contribution in [0.2, 0.25) is 0 Å². The lowest BCUT2D eigenvalue weighted by molar-refractivity contribution is -0.274. The van der Waals surface area contributed by atoms with Gasteiger partial charge >= 0.3 is 12.3 Å². The molecule has 0 bridgehead atoms. The van der Waals surface area contributed by atoms with Crippen LogP contribution >= 0.6 is 0 Å². The van der Waals surface area contributed by atoms with Crippen LogP contribution in [0.15, 0.2) is 67.3 Å². The minimum absolute atomic E-state index is 0.00878. The van der Waals surface area contributed by atoms with Gasteiger partial charge < -0.3 is 19.9 Å². The van der Waals surface area contributed by atoms with Crippen LogP contribution in [0.25, 0.3) is 10.8 Å². The molecule has 3 aromatic rings. The van der Waals surface area contributed by atoms with Crippen molar-refractivity contribution in [3.8, 4) is 11.5 Å². The van der Waals surface area contributed by atoms with Gasteiger partial charge in [0.15, 0.2) is 0 Å². The van der Waals surface area contributed by atoms with Crippen LogP contribution in [0, 0.1) is 11.7 Å². The van der Waals surface area contributed by atoms with Crippen molar-refractivity contribution in [3.05, 3.63) is 84.2 Å². The first-order valence-electron chi connectivity index (χ1n) is 11.8. The summed E-state index contributed by atoms with van der Waals surface area (Å²) in [5.74, 6) is -2.70. The topological polar surface area (TPSA) is 84.9 Å². The molecule has 6 nitrogen and oxygen atoms in total. The van der Waals surface area contributed by atoms with Crippen molar-refractivity contribution in [3.63, 3.8) is 0 Å². The number of hydrogen-bond donors (Lipinski definition) is 2. The summed E-state index contributed by atoms with van der Waals surface area (Å²) in [7, 11) is 0. The maximum atomic E-state index is 14.1. The summed E-state index contributed by atoms with van der Waals surface area (Å²) in [5.41, 5.74) is 0.449. The zero-order chi connectivity index (χ0) is 27.9. The molecule has 0 heterocycles. The molecule has 3 rings (SSSR count). The summed E-state index contributed by atoms with van der Waals surface area (Å²) in [6.07, 6.45) is -1.64. The van der Waals surface area contributed by atoms with Crippen molar-refractivity contribution in [2.75, 3.05) is 0 Å². The smallest absolute Gasteiger partial charge is 0.487 e. The molecular weight excluding hydrogens is 506 g/mol. The van der Waals surface area contributed by atoms with E-state index < -0.39 is 35.8 Å². The number of carbonyl (C=O) groups excluding carboxylic acids is 1. The number of ether oxygens (including phenoxy) is 2. The summed E-state index contributed by atoms with van der Waals surface area (Å²) in [6, 6.07) is 10.8. The van der Waals surface area contributed by atoms with Gasteiger partial charge in [0.1, 0.15) is 30.0 Å². The number of carboxylic acid groups (broad SMARTS) is 1. The van der Waals surface area contributed by atoms with Gasteiger partial charge in [0.2, 0.25) is 0 Å². The van der Waals surface area contributed by atoms with Crippen LogP contribution in [0.1, 0.15) is 42.1 Å². The average Bonchev–Trinajstić information content (AvgIpc) is 2.84. The molecule has 0 radical (unpaired) electrons. The summed E-state index contributed by atoms with van der Waals surface area (Å²) < 4.78 is 61.1. The molecule has 0 aromatic heterocycles. The Hall–Kier alpha value is -4.08. The Labute approximate surface area is 216 Å². The van der Waals surface area contributed by atoms with Crippen molar-refractivity contribution >= 4 is 22.6 Å². The van der Waals surface area contributed by atoms with Gasteiger partial charge in [-0.1, -0.05) is 37.3 Å². The van der Waals surface area contributed by atoms with Crippen molar-refractivity contribution in [1.82, 2.24) is 5.32 Å². The van der Waals surface area contributed by atoms with E-state index in [1.54, 1.807) is 12.1 Å². The van der Waals surface area contributed by atoms with Gasteiger partial charge in [-0.3, -0.25) is 4.79 Å². The maximum Gasteiger partial charge on any atom is 0.573 e. The highest BCUT2D eigenvalue weighted by Gasteiger charge is 2.31. The van der Waals surface area contributed by atoms with E-state index in [0.717, 1.165) is 12.1 Å². The summed E-state index contributed by atoms with van der Waals surface area (Å²) in [6.45, 7) is 5.46. The Balaban J connectivity index is 1.86. The van der Waals surface area contributed by atoms with E-state index in [1.807, 2.05) is 6.92 Å². The molecule has 1 amide bonds. The van der Waals surface area contributed by atoms with Gasteiger partial charge in [0, 0.05) is 5.39 Å². The molecule has 2 N–H and O–H groups in total. The highest BCUT2D eigenvalue weighted by atomic mass is 19.4. The molecule has 3 aromatic carbocycles. The lowest BCUT2D eigenvalue weighted by Crippen LogP contribution is -2.41. The minimum atomic E-state index is -4.83. The number of hydrogen-bond acceptors (Lipinski definition) is 4. The van der Waals surface area contributed by atoms with E-state index in [9.17, 15) is 32.3 Å². The van der Waals surface area contributed by atoms with Crippen LogP contribution < -0.4 is 14.8 Å². The molecule has 0 spiro atoms. The molecule has 0 fully saturated rings. The van der Waals surface area contributed by atoms with E-state index in [4.69, 9.17) is 4.74 Å². The number of alkyl halides is 3. The predicted octanol–water partition coefficient (Wildman–Crippen LogP) is 6.63. The van der Waals surface area contributed by atoms with Crippen LogP contribution in [-0.4, -0.2) is 29.4 Å². The van der Waals surface area contributed by atoms with Crippen molar-refractivity contribution in [1.29, 1.82) is 0 Å². The molecule has 2 atom stereocenters. The first-order valence-corrected chi connectivity index (χ1v) is 11.8. The number of carbonyl (C=O) groups is 2. The molecule has 202 valence electrons. The normalized spacial score (nSPS) is 13.0. The monoisotopic (exact) mass is 533 g/mol. The number of amides is 1. The van der Waals surface area contributed by atoms with Gasteiger partial charge in [-0.25, -0.2) is 9.18 Å². The number of fused-ring (bicyclic) bond motifs is 1. The summed E-state index contributed by atoms with van der Waals surface area (Å²) >= 11 is 0. The van der Waals surface area contributed by atoms with Gasteiger partial charge in [0.05, 0.1) is 5.56 Å². The largest absolute Gasteiger partial charge is 0.573 e. The van der Waals surface area contributed by atoms with Crippen LogP contribution in [0.3, 0.4) is 0 Å². The number of nitrogens with one attached hydrogen (secondary N) is 1. The number of halogens is 4. The number of benzene rings is 3. The van der Waals surface area contributed by atoms with Crippen LogP contribution in [0.5, 0.6) is 11.5 Å². The second kappa shape index (κ2) is 12.4. The van der Waals surface area contributed by atoms with E-state index in [0.29, 0.717) is 23.8 Å². The summed E-state index contributed by atoms with van der Waals surface area (Å²) in [4.78, 5) is 25.0. The van der Waals surface area contributed by atoms with Crippen molar-refractivity contribution in [2.45, 2.75) is 45.2 Å². The Morgan fingerprint density at radius 3 is 2.39 bits per heavy atom. The lowest BCUT2D eigenvalue weighted by atomic mass is 9.98. The third-order valence-electron chi connectivity index (χ3n) is 5.84. The third kappa shape index (κ3) is 7.96. The van der Waals surface area contributed by atoms with Gasteiger partial charge in [-0.2, -0.15) is 0 Å². The number of aliphatic carboxylic acids is 1. The van der Waals surface area contributed by atoms with Crippen molar-refractivity contribution < 1.29 is 41.7 Å². The molecular formula is C28H27F4NO5. The molecule has 38 heavy (non-hydrogen) atoms. The Morgan fingerprint density at radius 2 is 1.76 bits per heavy atom. The first-order chi connectivity index (χ1) is 18.0. The van der Waals surface area contributed by atoms with E-state index >= 15 is 0 Å². The molecule has 0 saturated carbocycles. The zero-order valence-electron chi connectivity index (χ0n) is 20.6. The third-order valence-corrected chi connectivity index (χ3v) is 5.84. The highest BCUT2D eigenvalue weighted by Crippen LogP contribution is 2.32. The van der Waals surface area contributed by atoms with Gasteiger partial charge in [0.25, 0.3) is 5.91 Å². The first kappa shape index (κ1) is 28.5. The molecule has 1 unspecified atom stereocenters. The number of allylic oxidation sites excluding steroid dienone is 1. The molecule has 0 aliphatic rings. The highest BCUT2D eigenvalue weighted by molar-refractivity contribution is 6.04. The van der Waals surface area contributed by atoms with Gasteiger partial charge in [-0.05, 0) is 66.5 Å². The lowest BCUT2D eigenvalue weighted by Gasteiger charge is -2.19. The van der Waals surface area contributed by atoms with E-state index in [2.05, 4.69) is 16.6 Å². The Bertz CT molecular complexity index is 1290. The Kier molecular flexibility index (Phi) is 9.33. The summed E-state index contributed by atoms with van der Waals surface area (Å²) in [5, 5.41) is 13.0. The van der Waals surface area contributed by atoms with E-state index in [-0.39, 0.29) is 35.6 Å². The maximum absolute atomic E-state index is 14.1. The molecule has 0 aliphatic heterocycles. The standard InChI is InChI=1S/C28H27F4NO5/c1-3-4-17(2)5-14-24(27(35)36)33-26(34)22-13-9-19-8-10-20(29)15-23(19)25(22)37-16-18-6-11-21(12-7-18)38-28(30,31)32/h3,6-13,15,17,24H,1,4-5,14,16H2,2H3,(H,33,34)(H,35,36)/t17?,24-/m0/s1. The number of rotatable bonds is 12. The fourth-order valence-electron chi connectivity index (χ4n) is 3.89. The molecule has 0 saturated heterocycles. The molecule has 0 aliphatic carbocycles. The van der Waals surface area contributed by atoms with E-state index in [1.165, 1.54) is 36.4 Å². The minimum Gasteiger partial charge on any atom is -0.487 e. The fourth-order valence-corrected chi connectivity index (χ4v) is 3.89. The predicted molar refractivity (Wildman–Crippen MR) is 133 cm³/mol. The second-order valence-corrected chi connectivity index (χ2v) is 8.86. The average molecular weight is 534 g/mol. The van der Waals surface area contributed by atoms with Crippen molar-refractivity contribution in [2.24, 2.45) is 5.92 Å². The van der Waals surface area contributed by atoms with Gasteiger partial charge in [-0.15, -0.1) is 19.8 Å². The molecule has 10 heteroatoms. The zero-order valence-corrected chi connectivity index (χ0v) is 20.6. The fraction of sp³-hybridized carbons (Fsp3) is 0.286. The quantitative estimate of drug-likeness (QED) is 0.202. The number of carboxylic acids is 1. The van der Waals surface area contributed by atoms with Crippen LogP contribution in [0.4, 0.5) is 17.6 Å². The SMILES string of the molecule is C=CCC(C)CC[C@H](NC(=O)c1ccc2ccc(F)cc2c1OCc1ccc(OC(F)(F)F)cc1)C(=O)O. The van der Waals surface area contributed by atoms with Crippen LogP contribution in [-0.2, 0) is 11.4 Å². The second-order valence-electron chi connectivity index (χ2n) is 8.86. The Morgan fingerprint density at radius 1 is 1.08 bits per heavy atom.